The van der Waals surface area contributed by atoms with E-state index in [1.807, 2.05) is 13.8 Å². The fraction of sp³-hybridized carbons (Fsp3) is 0.800. The second-order valence-corrected chi connectivity index (χ2v) is 5.46. The Bertz CT molecular complexity index is 377. The van der Waals surface area contributed by atoms with Crippen LogP contribution in [-0.2, 0) is 6.18 Å². The molecule has 1 rings (SSSR count). The van der Waals surface area contributed by atoms with E-state index < -0.39 is 11.2 Å². The molecule has 1 atom stereocenters. The number of hydrogen-bond acceptors (Lipinski definition) is 5. The van der Waals surface area contributed by atoms with Crippen molar-refractivity contribution < 1.29 is 13.2 Å². The predicted molar refractivity (Wildman–Crippen MR) is 65.6 cm³/mol. The molecule has 0 aliphatic carbocycles. The average molecular weight is 282 g/mol. The first-order valence-electron chi connectivity index (χ1n) is 5.59. The third kappa shape index (κ3) is 4.09. The molecule has 1 aromatic heterocycles. The molecule has 0 spiro atoms. The van der Waals surface area contributed by atoms with Gasteiger partial charge in [-0.05, 0) is 12.3 Å². The molecule has 4 nitrogen and oxygen atoms in total. The Kier molecular flexibility index (Phi) is 4.92. The van der Waals surface area contributed by atoms with Crippen LogP contribution in [0.5, 0.6) is 0 Å². The summed E-state index contributed by atoms with van der Waals surface area (Å²) in [6, 6.07) is 0.0301. The maximum atomic E-state index is 12.4. The number of rotatable bonds is 5. The third-order valence-corrected chi connectivity index (χ3v) is 3.72. The minimum atomic E-state index is -4.43. The van der Waals surface area contributed by atoms with Crippen LogP contribution in [-0.4, -0.2) is 29.8 Å². The first-order valence-corrected chi connectivity index (χ1v) is 6.41. The van der Waals surface area contributed by atoms with Gasteiger partial charge in [-0.3, -0.25) is 0 Å². The molecule has 0 saturated carbocycles. The van der Waals surface area contributed by atoms with Crippen LogP contribution in [0, 0.1) is 5.92 Å². The second-order valence-electron chi connectivity index (χ2n) is 4.51. The monoisotopic (exact) mass is 282 g/mol. The molecule has 1 aromatic rings. The Morgan fingerprint density at radius 1 is 1.33 bits per heavy atom. The first kappa shape index (κ1) is 15.2. The van der Waals surface area contributed by atoms with Gasteiger partial charge in [0.1, 0.15) is 0 Å². The van der Waals surface area contributed by atoms with E-state index in [1.165, 1.54) is 0 Å². The molecule has 0 amide bonds. The van der Waals surface area contributed by atoms with E-state index >= 15 is 0 Å². The largest absolute Gasteiger partial charge is 0.445 e. The summed E-state index contributed by atoms with van der Waals surface area (Å²) in [5.41, 5.74) is 5.88. The zero-order valence-electron chi connectivity index (χ0n) is 10.5. The van der Waals surface area contributed by atoms with E-state index in [0.29, 0.717) is 30.2 Å². The van der Waals surface area contributed by atoms with Gasteiger partial charge in [-0.1, -0.05) is 25.2 Å². The summed E-state index contributed by atoms with van der Waals surface area (Å²) in [6.45, 7) is 4.58. The third-order valence-electron chi connectivity index (χ3n) is 2.64. The van der Waals surface area contributed by atoms with Crippen molar-refractivity contribution in [2.24, 2.45) is 11.7 Å². The molecule has 0 bridgehead atoms. The maximum absolute atomic E-state index is 12.4. The summed E-state index contributed by atoms with van der Waals surface area (Å²) in [5, 5.41) is 6.02. The highest BCUT2D eigenvalue weighted by Gasteiger charge is 2.36. The second kappa shape index (κ2) is 5.83. The Balaban J connectivity index is 2.57. The number of nitrogens with two attached hydrogens (primary N) is 1. The van der Waals surface area contributed by atoms with Crippen molar-refractivity contribution in [1.82, 2.24) is 10.2 Å². The van der Waals surface area contributed by atoms with Gasteiger partial charge in [0, 0.05) is 19.6 Å². The number of nitrogens with zero attached hydrogens (tertiary/aromatic N) is 3. The Morgan fingerprint density at radius 3 is 2.39 bits per heavy atom. The van der Waals surface area contributed by atoms with Crippen LogP contribution in [0.4, 0.5) is 18.3 Å². The lowest BCUT2D eigenvalue weighted by molar-refractivity contribution is -0.138. The van der Waals surface area contributed by atoms with Crippen molar-refractivity contribution in [1.29, 1.82) is 0 Å². The molecule has 8 heteroatoms. The normalized spacial score (nSPS) is 14.0. The maximum Gasteiger partial charge on any atom is 0.445 e. The highest BCUT2D eigenvalue weighted by Crippen LogP contribution is 2.33. The number of aromatic nitrogens is 2. The highest BCUT2D eigenvalue weighted by molar-refractivity contribution is 7.15. The molecule has 0 aliphatic rings. The van der Waals surface area contributed by atoms with Gasteiger partial charge in [0.15, 0.2) is 0 Å². The Hall–Kier alpha value is -0.890. The van der Waals surface area contributed by atoms with Crippen LogP contribution in [0.15, 0.2) is 0 Å². The van der Waals surface area contributed by atoms with Gasteiger partial charge >= 0.3 is 6.18 Å². The van der Waals surface area contributed by atoms with Crippen molar-refractivity contribution in [3.05, 3.63) is 5.01 Å². The van der Waals surface area contributed by atoms with Crippen LogP contribution in [0.25, 0.3) is 0 Å². The quantitative estimate of drug-likeness (QED) is 0.901. The zero-order valence-corrected chi connectivity index (χ0v) is 11.3. The average Bonchev–Trinajstić information content (AvgIpc) is 2.73. The molecule has 2 N–H and O–H groups in total. The topological polar surface area (TPSA) is 55.0 Å². The first-order chi connectivity index (χ1) is 8.21. The minimum absolute atomic E-state index is 0.0301. The van der Waals surface area contributed by atoms with Crippen LogP contribution >= 0.6 is 11.3 Å². The number of hydrogen-bond donors (Lipinski definition) is 1. The summed E-state index contributed by atoms with van der Waals surface area (Å²) in [7, 11) is 1.69. The van der Waals surface area contributed by atoms with Crippen molar-refractivity contribution >= 4 is 16.5 Å². The lowest BCUT2D eigenvalue weighted by Crippen LogP contribution is -2.31. The lowest BCUT2D eigenvalue weighted by Gasteiger charge is -2.20. The van der Waals surface area contributed by atoms with E-state index in [1.54, 1.807) is 11.9 Å². The summed E-state index contributed by atoms with van der Waals surface area (Å²) in [6.07, 6.45) is -3.72. The Morgan fingerprint density at radius 2 is 1.94 bits per heavy atom. The van der Waals surface area contributed by atoms with Gasteiger partial charge in [-0.2, -0.15) is 13.2 Å². The van der Waals surface area contributed by atoms with Gasteiger partial charge in [0.2, 0.25) is 10.1 Å². The number of anilines is 1. The molecule has 1 heterocycles. The van der Waals surface area contributed by atoms with Crippen molar-refractivity contribution in [3.8, 4) is 0 Å². The summed E-state index contributed by atoms with van der Waals surface area (Å²) >= 11 is 0.546. The molecule has 104 valence electrons. The van der Waals surface area contributed by atoms with Crippen LogP contribution in [0.1, 0.15) is 25.3 Å². The molecule has 0 saturated heterocycles. The minimum Gasteiger partial charge on any atom is -0.350 e. The summed E-state index contributed by atoms with van der Waals surface area (Å²) < 4.78 is 37.1. The summed E-state index contributed by atoms with van der Waals surface area (Å²) in [4.78, 5) is 1.65. The summed E-state index contributed by atoms with van der Waals surface area (Å²) in [5.74, 6) is 0.346. The van der Waals surface area contributed by atoms with E-state index in [9.17, 15) is 13.2 Å². The van der Waals surface area contributed by atoms with Crippen LogP contribution in [0.2, 0.25) is 0 Å². The smallest absolute Gasteiger partial charge is 0.350 e. The lowest BCUT2D eigenvalue weighted by atomic mass is 10.0. The molecule has 18 heavy (non-hydrogen) atoms. The fourth-order valence-corrected chi connectivity index (χ4v) is 1.96. The van der Waals surface area contributed by atoms with E-state index in [-0.39, 0.29) is 11.2 Å². The molecular formula is C10H17F3N4S. The van der Waals surface area contributed by atoms with Gasteiger partial charge in [-0.25, -0.2) is 0 Å². The number of alkyl halides is 3. The number of halogens is 3. The molecular weight excluding hydrogens is 265 g/mol. The predicted octanol–water partition coefficient (Wildman–Crippen LogP) is 2.37. The van der Waals surface area contributed by atoms with E-state index in [4.69, 9.17) is 5.73 Å². The van der Waals surface area contributed by atoms with Gasteiger partial charge in [0.05, 0.1) is 0 Å². The molecule has 1 unspecified atom stereocenters. The standard InChI is InChI=1S/C10H17F3N4S/c1-6(2)7(14)4-5-17(3)9-16-15-8(18-9)10(11,12)13/h6-7H,4-5,14H2,1-3H3. The van der Waals surface area contributed by atoms with Gasteiger partial charge in [-0.15, -0.1) is 10.2 Å². The van der Waals surface area contributed by atoms with E-state index in [0.717, 1.165) is 0 Å². The fourth-order valence-electron chi connectivity index (χ4n) is 1.26. The zero-order chi connectivity index (χ0) is 13.9. The van der Waals surface area contributed by atoms with Gasteiger partial charge < -0.3 is 10.6 Å². The van der Waals surface area contributed by atoms with Crippen molar-refractivity contribution in [3.63, 3.8) is 0 Å². The Labute approximate surface area is 108 Å². The van der Waals surface area contributed by atoms with E-state index in [2.05, 4.69) is 10.2 Å². The SMILES string of the molecule is CC(C)C(N)CCN(C)c1nnc(C(F)(F)F)s1. The molecule has 0 radical (unpaired) electrons. The molecule has 0 fully saturated rings. The van der Waals surface area contributed by atoms with Crippen LogP contribution < -0.4 is 10.6 Å². The van der Waals surface area contributed by atoms with Crippen molar-refractivity contribution in [2.45, 2.75) is 32.5 Å². The van der Waals surface area contributed by atoms with Crippen molar-refractivity contribution in [2.75, 3.05) is 18.5 Å². The highest BCUT2D eigenvalue weighted by atomic mass is 32.1. The molecule has 0 aromatic carbocycles. The van der Waals surface area contributed by atoms with Gasteiger partial charge in [0.25, 0.3) is 0 Å². The van der Waals surface area contributed by atoms with Crippen LogP contribution in [0.3, 0.4) is 0 Å². The molecule has 0 aliphatic heterocycles.